The average molecular weight is 391 g/mol. The predicted molar refractivity (Wildman–Crippen MR) is 94.5 cm³/mol. The molecule has 1 saturated heterocycles. The Kier molecular flexibility index (Phi) is 6.91. The van der Waals surface area contributed by atoms with Crippen molar-refractivity contribution in [3.05, 3.63) is 48.0 Å². The van der Waals surface area contributed by atoms with Crippen LogP contribution in [0.2, 0.25) is 0 Å². The molecule has 1 aromatic carbocycles. The van der Waals surface area contributed by atoms with Crippen LogP contribution in [0.15, 0.2) is 36.7 Å². The fraction of sp³-hybridized carbons (Fsp3) is 0.471. The zero-order valence-electron chi connectivity index (χ0n) is 14.4. The number of hydrogen-bond acceptors (Lipinski definition) is 4. The topological polar surface area (TPSA) is 42.3 Å². The molecule has 2 heterocycles. The van der Waals surface area contributed by atoms with Crippen LogP contribution in [-0.2, 0) is 13.6 Å². The lowest BCUT2D eigenvalue weighted by Crippen LogP contribution is -2.46. The molecule has 1 aliphatic rings. The van der Waals surface area contributed by atoms with Gasteiger partial charge in [0.15, 0.2) is 6.61 Å². The largest absolute Gasteiger partial charge is 0.484 e. The van der Waals surface area contributed by atoms with Gasteiger partial charge in [0.25, 0.3) is 0 Å². The lowest BCUT2D eigenvalue weighted by atomic mass is 10.1. The van der Waals surface area contributed by atoms with Gasteiger partial charge in [0.1, 0.15) is 11.6 Å². The van der Waals surface area contributed by atoms with Gasteiger partial charge in [-0.2, -0.15) is 13.2 Å². The summed E-state index contributed by atoms with van der Waals surface area (Å²) in [6.07, 6.45) is -0.706. The number of benzene rings is 1. The van der Waals surface area contributed by atoms with Crippen LogP contribution in [0.25, 0.3) is 0 Å². The molecule has 0 bridgehead atoms. The Balaban J connectivity index is 0.00000243. The number of ether oxygens (including phenoxy) is 1. The van der Waals surface area contributed by atoms with Crippen LogP contribution in [0.1, 0.15) is 17.4 Å². The Labute approximate surface area is 156 Å². The molecule has 0 spiro atoms. The predicted octanol–water partition coefficient (Wildman–Crippen LogP) is 2.93. The van der Waals surface area contributed by atoms with Gasteiger partial charge in [-0.1, -0.05) is 18.2 Å². The summed E-state index contributed by atoms with van der Waals surface area (Å²) < 4.78 is 44.4. The van der Waals surface area contributed by atoms with Gasteiger partial charge in [-0.25, -0.2) is 4.98 Å². The van der Waals surface area contributed by atoms with E-state index in [1.807, 2.05) is 29.9 Å². The highest BCUT2D eigenvalue weighted by molar-refractivity contribution is 5.85. The minimum Gasteiger partial charge on any atom is -0.484 e. The average Bonchev–Trinajstić information content (AvgIpc) is 3.00. The Morgan fingerprint density at radius 3 is 2.77 bits per heavy atom. The summed E-state index contributed by atoms with van der Waals surface area (Å²) in [5, 5.41) is 3.35. The number of imidazole rings is 1. The van der Waals surface area contributed by atoms with E-state index in [1.165, 1.54) is 0 Å². The van der Waals surface area contributed by atoms with E-state index in [0.717, 1.165) is 31.0 Å². The van der Waals surface area contributed by atoms with E-state index in [0.29, 0.717) is 6.54 Å². The number of rotatable bonds is 5. The van der Waals surface area contributed by atoms with Crippen molar-refractivity contribution < 1.29 is 17.9 Å². The molecule has 144 valence electrons. The van der Waals surface area contributed by atoms with E-state index in [1.54, 1.807) is 18.3 Å². The molecule has 3 rings (SSSR count). The van der Waals surface area contributed by atoms with Crippen molar-refractivity contribution in [2.75, 3.05) is 26.2 Å². The summed E-state index contributed by atoms with van der Waals surface area (Å²) in [4.78, 5) is 6.64. The molecule has 9 heteroatoms. The van der Waals surface area contributed by atoms with Gasteiger partial charge in [0.2, 0.25) is 0 Å². The van der Waals surface area contributed by atoms with E-state index in [9.17, 15) is 13.2 Å². The molecule has 0 radical (unpaired) electrons. The van der Waals surface area contributed by atoms with Crippen LogP contribution in [0, 0.1) is 0 Å². The van der Waals surface area contributed by atoms with E-state index in [2.05, 4.69) is 15.2 Å². The summed E-state index contributed by atoms with van der Waals surface area (Å²) in [6, 6.07) is 6.95. The fourth-order valence-electron chi connectivity index (χ4n) is 3.04. The maximum Gasteiger partial charge on any atom is 0.422 e. The van der Waals surface area contributed by atoms with Crippen molar-refractivity contribution in [3.8, 4) is 5.75 Å². The molecular weight excluding hydrogens is 369 g/mol. The number of nitrogens with one attached hydrogen (secondary N) is 1. The van der Waals surface area contributed by atoms with Crippen molar-refractivity contribution in [2.45, 2.75) is 18.8 Å². The lowest BCUT2D eigenvalue weighted by molar-refractivity contribution is -0.153. The zero-order chi connectivity index (χ0) is 17.9. The number of piperazine rings is 1. The quantitative estimate of drug-likeness (QED) is 0.852. The van der Waals surface area contributed by atoms with Crippen LogP contribution in [0.4, 0.5) is 13.2 Å². The molecule has 1 unspecified atom stereocenters. The number of alkyl halides is 3. The molecule has 5 nitrogen and oxygen atoms in total. The molecule has 0 saturated carbocycles. The highest BCUT2D eigenvalue weighted by atomic mass is 35.5. The summed E-state index contributed by atoms with van der Waals surface area (Å²) >= 11 is 0. The highest BCUT2D eigenvalue weighted by Gasteiger charge is 2.30. The number of hydrogen-bond donors (Lipinski definition) is 1. The minimum absolute atomic E-state index is 0. The Bertz CT molecular complexity index is 707. The first-order valence-electron chi connectivity index (χ1n) is 8.13. The van der Waals surface area contributed by atoms with Gasteiger partial charge in [-0.3, -0.25) is 4.90 Å². The van der Waals surface area contributed by atoms with Crippen LogP contribution in [0.5, 0.6) is 5.75 Å². The standard InChI is InChI=1S/C17H21F3N4O.ClH/c1-23-8-7-22-16(23)14-10-21-6-9-24(14)11-13-4-2-3-5-15(13)25-12-17(18,19)20;/h2-5,7-8,14,21H,6,9-12H2,1H3;1H. The molecule has 0 amide bonds. The van der Waals surface area contributed by atoms with E-state index in [4.69, 9.17) is 4.74 Å². The maximum absolute atomic E-state index is 12.5. The molecule has 0 aliphatic carbocycles. The van der Waals surface area contributed by atoms with Crippen LogP contribution >= 0.6 is 12.4 Å². The second-order valence-corrected chi connectivity index (χ2v) is 6.10. The van der Waals surface area contributed by atoms with E-state index >= 15 is 0 Å². The number of aromatic nitrogens is 2. The van der Waals surface area contributed by atoms with Crippen molar-refractivity contribution >= 4 is 12.4 Å². The van der Waals surface area contributed by atoms with Gasteiger partial charge in [0, 0.05) is 51.2 Å². The van der Waals surface area contributed by atoms with Crippen LogP contribution in [-0.4, -0.2) is 46.9 Å². The second-order valence-electron chi connectivity index (χ2n) is 6.10. The lowest BCUT2D eigenvalue weighted by Gasteiger charge is -2.36. The third-order valence-corrected chi connectivity index (χ3v) is 4.25. The van der Waals surface area contributed by atoms with Crippen molar-refractivity contribution in [3.63, 3.8) is 0 Å². The Morgan fingerprint density at radius 2 is 2.08 bits per heavy atom. The Morgan fingerprint density at radius 1 is 1.31 bits per heavy atom. The molecule has 1 aliphatic heterocycles. The molecule has 2 aromatic rings. The van der Waals surface area contributed by atoms with Crippen molar-refractivity contribution in [1.29, 1.82) is 0 Å². The summed E-state index contributed by atoms with van der Waals surface area (Å²) in [5.74, 6) is 1.21. The summed E-state index contributed by atoms with van der Waals surface area (Å²) in [5.41, 5.74) is 0.743. The van der Waals surface area contributed by atoms with Gasteiger partial charge >= 0.3 is 6.18 Å². The minimum atomic E-state index is -4.35. The number of aryl methyl sites for hydroxylation is 1. The Hall–Kier alpha value is -1.77. The second kappa shape index (κ2) is 8.75. The maximum atomic E-state index is 12.5. The fourth-order valence-corrected chi connectivity index (χ4v) is 3.04. The highest BCUT2D eigenvalue weighted by Crippen LogP contribution is 2.27. The molecule has 1 atom stereocenters. The van der Waals surface area contributed by atoms with Gasteiger partial charge in [0.05, 0.1) is 6.04 Å². The monoisotopic (exact) mass is 390 g/mol. The third kappa shape index (κ3) is 5.12. The zero-order valence-corrected chi connectivity index (χ0v) is 15.2. The number of halogens is 4. The van der Waals surface area contributed by atoms with Gasteiger partial charge in [-0.05, 0) is 6.07 Å². The van der Waals surface area contributed by atoms with Crippen LogP contribution in [0.3, 0.4) is 0 Å². The molecule has 1 fully saturated rings. The normalized spacial score (nSPS) is 18.4. The number of para-hydroxylation sites is 1. The summed E-state index contributed by atoms with van der Waals surface area (Å²) in [6.45, 7) is 1.58. The third-order valence-electron chi connectivity index (χ3n) is 4.25. The molecule has 26 heavy (non-hydrogen) atoms. The SMILES string of the molecule is Cl.Cn1ccnc1C1CNCCN1Cc1ccccc1OCC(F)(F)F. The number of nitrogens with zero attached hydrogens (tertiary/aromatic N) is 3. The smallest absolute Gasteiger partial charge is 0.422 e. The van der Waals surface area contributed by atoms with Crippen molar-refractivity contribution in [2.24, 2.45) is 7.05 Å². The summed E-state index contributed by atoms with van der Waals surface area (Å²) in [7, 11) is 1.94. The first kappa shape index (κ1) is 20.5. The van der Waals surface area contributed by atoms with Crippen LogP contribution < -0.4 is 10.1 Å². The molecular formula is C17H22ClF3N4O. The van der Waals surface area contributed by atoms with Gasteiger partial charge in [-0.15, -0.1) is 12.4 Å². The van der Waals surface area contributed by atoms with Crippen molar-refractivity contribution in [1.82, 2.24) is 19.8 Å². The van der Waals surface area contributed by atoms with Gasteiger partial charge < -0.3 is 14.6 Å². The van der Waals surface area contributed by atoms with E-state index in [-0.39, 0.29) is 24.2 Å². The molecule has 1 N–H and O–H groups in total. The molecule has 1 aromatic heterocycles. The first-order valence-corrected chi connectivity index (χ1v) is 8.13. The first-order chi connectivity index (χ1) is 11.9. The van der Waals surface area contributed by atoms with E-state index < -0.39 is 12.8 Å².